The molecule has 0 saturated carbocycles. The van der Waals surface area contributed by atoms with E-state index < -0.39 is 5.97 Å². The summed E-state index contributed by atoms with van der Waals surface area (Å²) in [6, 6.07) is -0.0649. The minimum absolute atomic E-state index is 0.0649. The lowest BCUT2D eigenvalue weighted by Crippen LogP contribution is -2.41. The fourth-order valence-corrected chi connectivity index (χ4v) is 2.87. The summed E-state index contributed by atoms with van der Waals surface area (Å²) in [7, 11) is 0. The number of carboxylic acid groups (broad SMARTS) is 1. The van der Waals surface area contributed by atoms with Crippen molar-refractivity contribution in [3.05, 3.63) is 0 Å². The molecule has 0 radical (unpaired) electrons. The van der Waals surface area contributed by atoms with Gasteiger partial charge in [-0.25, -0.2) is 4.79 Å². The zero-order valence-electron chi connectivity index (χ0n) is 12.4. The number of aliphatic carboxylic acids is 1. The van der Waals surface area contributed by atoms with Crippen LogP contribution in [0.15, 0.2) is 0 Å². The first-order valence-electron chi connectivity index (χ1n) is 7.70. The van der Waals surface area contributed by atoms with Crippen molar-refractivity contribution in [1.82, 2.24) is 15.1 Å². The van der Waals surface area contributed by atoms with Crippen molar-refractivity contribution in [3.8, 4) is 0 Å². The number of carboxylic acids is 1. The molecule has 2 aliphatic rings. The summed E-state index contributed by atoms with van der Waals surface area (Å²) in [5.74, 6) is -0.686. The van der Waals surface area contributed by atoms with E-state index in [1.165, 1.54) is 0 Å². The van der Waals surface area contributed by atoms with Crippen LogP contribution in [0.25, 0.3) is 0 Å². The molecule has 0 aromatic heterocycles. The Labute approximate surface area is 125 Å². The Hall–Kier alpha value is -1.34. The first-order valence-corrected chi connectivity index (χ1v) is 7.70. The Kier molecular flexibility index (Phi) is 6.25. The van der Waals surface area contributed by atoms with Crippen molar-refractivity contribution in [2.45, 2.75) is 19.3 Å². The van der Waals surface area contributed by atoms with Crippen LogP contribution < -0.4 is 5.32 Å². The van der Waals surface area contributed by atoms with Crippen LogP contribution in [-0.4, -0.2) is 79.4 Å². The molecule has 7 nitrogen and oxygen atoms in total. The molecule has 7 heteroatoms. The van der Waals surface area contributed by atoms with Crippen molar-refractivity contribution >= 4 is 12.0 Å². The molecule has 2 saturated heterocycles. The van der Waals surface area contributed by atoms with Crippen LogP contribution in [0.2, 0.25) is 0 Å². The van der Waals surface area contributed by atoms with Crippen LogP contribution in [-0.2, 0) is 9.53 Å². The number of nitrogens with one attached hydrogen (secondary N) is 1. The largest absolute Gasteiger partial charge is 0.481 e. The molecule has 2 fully saturated rings. The second-order valence-corrected chi connectivity index (χ2v) is 5.74. The van der Waals surface area contributed by atoms with Crippen molar-refractivity contribution in [1.29, 1.82) is 0 Å². The van der Waals surface area contributed by atoms with Crippen LogP contribution in [0.3, 0.4) is 0 Å². The Balaban J connectivity index is 1.56. The van der Waals surface area contributed by atoms with Gasteiger partial charge in [-0.1, -0.05) is 0 Å². The number of hydrogen-bond acceptors (Lipinski definition) is 4. The van der Waals surface area contributed by atoms with Gasteiger partial charge in [-0.05, 0) is 25.3 Å². The number of hydrogen-bond donors (Lipinski definition) is 2. The summed E-state index contributed by atoms with van der Waals surface area (Å²) in [6.07, 6.45) is 1.87. The monoisotopic (exact) mass is 299 g/mol. The van der Waals surface area contributed by atoms with Crippen molar-refractivity contribution in [2.24, 2.45) is 5.92 Å². The van der Waals surface area contributed by atoms with Gasteiger partial charge >= 0.3 is 12.0 Å². The Bertz CT molecular complexity index is 358. The van der Waals surface area contributed by atoms with Crippen molar-refractivity contribution in [2.75, 3.05) is 52.5 Å². The van der Waals surface area contributed by atoms with Gasteiger partial charge in [0.25, 0.3) is 0 Å². The average Bonchev–Trinajstić information content (AvgIpc) is 2.92. The smallest absolute Gasteiger partial charge is 0.317 e. The fraction of sp³-hybridized carbons (Fsp3) is 0.857. The molecular weight excluding hydrogens is 274 g/mol. The molecule has 21 heavy (non-hydrogen) atoms. The SMILES string of the molecule is O=C(O)CC1CCN(C(=O)NCCCN2CCOCC2)C1. The summed E-state index contributed by atoms with van der Waals surface area (Å²) < 4.78 is 5.29. The minimum atomic E-state index is -0.784. The normalized spacial score (nSPS) is 23.2. The maximum absolute atomic E-state index is 12.0. The lowest BCUT2D eigenvalue weighted by atomic mass is 10.1. The molecular formula is C14H25N3O4. The van der Waals surface area contributed by atoms with E-state index in [2.05, 4.69) is 10.2 Å². The molecule has 120 valence electrons. The maximum atomic E-state index is 12.0. The van der Waals surface area contributed by atoms with E-state index in [1.54, 1.807) is 4.90 Å². The van der Waals surface area contributed by atoms with Gasteiger partial charge in [0.05, 0.1) is 13.2 Å². The van der Waals surface area contributed by atoms with E-state index in [0.29, 0.717) is 19.6 Å². The second-order valence-electron chi connectivity index (χ2n) is 5.74. The highest BCUT2D eigenvalue weighted by Crippen LogP contribution is 2.19. The number of nitrogens with zero attached hydrogens (tertiary/aromatic N) is 2. The zero-order chi connectivity index (χ0) is 15.1. The van der Waals surface area contributed by atoms with E-state index in [1.807, 2.05) is 0 Å². The highest BCUT2D eigenvalue weighted by molar-refractivity contribution is 5.74. The summed E-state index contributed by atoms with van der Waals surface area (Å²) in [5, 5.41) is 11.7. The molecule has 2 aliphatic heterocycles. The average molecular weight is 299 g/mol. The van der Waals surface area contributed by atoms with Gasteiger partial charge in [0.2, 0.25) is 0 Å². The van der Waals surface area contributed by atoms with E-state index >= 15 is 0 Å². The van der Waals surface area contributed by atoms with Crippen LogP contribution in [0, 0.1) is 5.92 Å². The number of ether oxygens (including phenoxy) is 1. The number of likely N-dealkylation sites (tertiary alicyclic amines) is 1. The highest BCUT2D eigenvalue weighted by Gasteiger charge is 2.27. The number of urea groups is 1. The summed E-state index contributed by atoms with van der Waals surface area (Å²) >= 11 is 0. The molecule has 2 N–H and O–H groups in total. The minimum Gasteiger partial charge on any atom is -0.481 e. The molecule has 0 spiro atoms. The Morgan fingerprint density at radius 2 is 2.00 bits per heavy atom. The summed E-state index contributed by atoms with van der Waals surface area (Å²) in [4.78, 5) is 26.7. The number of amides is 2. The van der Waals surface area contributed by atoms with Gasteiger partial charge in [0.15, 0.2) is 0 Å². The first kappa shape index (κ1) is 16.0. The molecule has 2 amide bonds. The first-order chi connectivity index (χ1) is 10.1. The fourth-order valence-electron chi connectivity index (χ4n) is 2.87. The van der Waals surface area contributed by atoms with Gasteiger partial charge in [-0.2, -0.15) is 0 Å². The van der Waals surface area contributed by atoms with Crippen molar-refractivity contribution in [3.63, 3.8) is 0 Å². The number of carbonyl (C=O) groups is 2. The maximum Gasteiger partial charge on any atom is 0.317 e. The van der Waals surface area contributed by atoms with E-state index in [9.17, 15) is 9.59 Å². The molecule has 0 aromatic rings. The van der Waals surface area contributed by atoms with Gasteiger partial charge in [0, 0.05) is 39.1 Å². The zero-order valence-corrected chi connectivity index (χ0v) is 12.4. The van der Waals surface area contributed by atoms with E-state index in [0.717, 1.165) is 45.7 Å². The number of morpholine rings is 1. The Morgan fingerprint density at radius 1 is 1.24 bits per heavy atom. The third kappa shape index (κ3) is 5.51. The predicted molar refractivity (Wildman–Crippen MR) is 77.2 cm³/mol. The third-order valence-electron chi connectivity index (χ3n) is 4.07. The van der Waals surface area contributed by atoms with E-state index in [-0.39, 0.29) is 18.4 Å². The van der Waals surface area contributed by atoms with Gasteiger partial charge in [0.1, 0.15) is 0 Å². The van der Waals surface area contributed by atoms with Crippen LogP contribution >= 0.6 is 0 Å². The molecule has 0 aromatic carbocycles. The lowest BCUT2D eigenvalue weighted by Gasteiger charge is -2.26. The number of rotatable bonds is 6. The van der Waals surface area contributed by atoms with Gasteiger partial charge < -0.3 is 20.1 Å². The topological polar surface area (TPSA) is 82.1 Å². The molecule has 1 atom stereocenters. The lowest BCUT2D eigenvalue weighted by molar-refractivity contribution is -0.138. The van der Waals surface area contributed by atoms with Gasteiger partial charge in [-0.15, -0.1) is 0 Å². The molecule has 0 bridgehead atoms. The highest BCUT2D eigenvalue weighted by atomic mass is 16.5. The third-order valence-corrected chi connectivity index (χ3v) is 4.07. The molecule has 2 heterocycles. The van der Waals surface area contributed by atoms with Crippen LogP contribution in [0.4, 0.5) is 4.79 Å². The second kappa shape index (κ2) is 8.19. The van der Waals surface area contributed by atoms with Gasteiger partial charge in [-0.3, -0.25) is 9.69 Å². The number of carbonyl (C=O) groups excluding carboxylic acids is 1. The molecule has 1 unspecified atom stereocenters. The Morgan fingerprint density at radius 3 is 2.71 bits per heavy atom. The summed E-state index contributed by atoms with van der Waals surface area (Å²) in [5.41, 5.74) is 0. The summed E-state index contributed by atoms with van der Waals surface area (Å²) in [6.45, 7) is 6.39. The van der Waals surface area contributed by atoms with Crippen molar-refractivity contribution < 1.29 is 19.4 Å². The standard InChI is InChI=1S/C14H25N3O4/c18-13(19)10-12-2-5-17(11-12)14(20)15-3-1-4-16-6-8-21-9-7-16/h12H,1-11H2,(H,15,20)(H,18,19). The van der Waals surface area contributed by atoms with Crippen LogP contribution in [0.1, 0.15) is 19.3 Å². The van der Waals surface area contributed by atoms with E-state index in [4.69, 9.17) is 9.84 Å². The predicted octanol–water partition coefficient (Wildman–Crippen LogP) is 0.215. The molecule has 0 aliphatic carbocycles. The quantitative estimate of drug-likeness (QED) is 0.685. The molecule has 2 rings (SSSR count). The van der Waals surface area contributed by atoms with Crippen LogP contribution in [0.5, 0.6) is 0 Å².